The molecule has 0 fully saturated rings. The largest absolute Gasteiger partial charge is 0.462 e. The minimum Gasteiger partial charge on any atom is -0.462 e. The Morgan fingerprint density at radius 3 is 2.77 bits per heavy atom. The summed E-state index contributed by atoms with van der Waals surface area (Å²) in [6, 6.07) is 9.04. The molecule has 0 saturated carbocycles. The van der Waals surface area contributed by atoms with E-state index in [1.54, 1.807) is 13.1 Å². The van der Waals surface area contributed by atoms with Gasteiger partial charge in [0.05, 0.1) is 23.3 Å². The number of aromatic nitrogens is 5. The third kappa shape index (κ3) is 6.32. The number of fused-ring (bicyclic) bond motifs is 1. The van der Waals surface area contributed by atoms with Gasteiger partial charge >= 0.3 is 5.97 Å². The number of carbonyl (C=O) groups is 1. The fourth-order valence-corrected chi connectivity index (χ4v) is 5.25. The molecular weight excluding hydrogens is 502 g/mol. The second-order valence-electron chi connectivity index (χ2n) is 9.34. The van der Waals surface area contributed by atoms with Gasteiger partial charge in [0.25, 0.3) is 0 Å². The number of benzene rings is 1. The number of ether oxygens (including phenoxy) is 2. The van der Waals surface area contributed by atoms with Crippen molar-refractivity contribution in [3.63, 3.8) is 0 Å². The molecule has 4 aromatic rings. The maximum atomic E-state index is 12.9. The van der Waals surface area contributed by atoms with Gasteiger partial charge in [0.15, 0.2) is 0 Å². The molecule has 0 N–H and O–H groups in total. The summed E-state index contributed by atoms with van der Waals surface area (Å²) in [6.07, 6.45) is 3.87. The van der Waals surface area contributed by atoms with Crippen LogP contribution in [0.3, 0.4) is 0 Å². The third-order valence-electron chi connectivity index (χ3n) is 5.37. The molecular formula is C24H28ClN5O3SSi. The van der Waals surface area contributed by atoms with Crippen molar-refractivity contribution in [2.75, 3.05) is 13.2 Å². The van der Waals surface area contributed by atoms with Crippen molar-refractivity contribution >= 4 is 48.2 Å². The van der Waals surface area contributed by atoms with Crippen LogP contribution < -0.4 is 0 Å². The predicted octanol–water partition coefficient (Wildman–Crippen LogP) is 5.68. The molecule has 0 saturated heterocycles. The zero-order valence-corrected chi connectivity index (χ0v) is 22.8. The summed E-state index contributed by atoms with van der Waals surface area (Å²) in [5, 5.41) is 1.73. The van der Waals surface area contributed by atoms with Crippen molar-refractivity contribution in [1.82, 2.24) is 23.9 Å². The van der Waals surface area contributed by atoms with Crippen LogP contribution in [0, 0.1) is 0 Å². The fourth-order valence-electron chi connectivity index (χ4n) is 3.65. The third-order valence-corrected chi connectivity index (χ3v) is 8.06. The van der Waals surface area contributed by atoms with Crippen LogP contribution in [0.5, 0.6) is 0 Å². The van der Waals surface area contributed by atoms with Crippen LogP contribution >= 0.6 is 23.1 Å². The lowest BCUT2D eigenvalue weighted by Crippen LogP contribution is -2.22. The van der Waals surface area contributed by atoms with Crippen molar-refractivity contribution in [2.24, 2.45) is 0 Å². The van der Waals surface area contributed by atoms with Gasteiger partial charge in [0, 0.05) is 32.9 Å². The highest BCUT2D eigenvalue weighted by Crippen LogP contribution is 2.31. The Hall–Kier alpha value is -2.66. The summed E-state index contributed by atoms with van der Waals surface area (Å²) >= 11 is 7.16. The number of esters is 1. The average Bonchev–Trinajstić information content (AvgIpc) is 3.39. The monoisotopic (exact) mass is 529 g/mol. The van der Waals surface area contributed by atoms with Crippen LogP contribution in [0.15, 0.2) is 36.8 Å². The lowest BCUT2D eigenvalue weighted by atomic mass is 10.0. The quantitative estimate of drug-likeness (QED) is 0.148. The number of carbonyl (C=O) groups excluding carboxylic acids is 1. The van der Waals surface area contributed by atoms with Gasteiger partial charge in [-0.3, -0.25) is 0 Å². The fraction of sp³-hybridized carbons (Fsp3) is 0.375. The average molecular weight is 530 g/mol. The highest BCUT2D eigenvalue weighted by atomic mass is 35.5. The Balaban J connectivity index is 1.71. The van der Waals surface area contributed by atoms with E-state index in [1.165, 1.54) is 17.9 Å². The molecule has 35 heavy (non-hydrogen) atoms. The molecule has 0 atom stereocenters. The van der Waals surface area contributed by atoms with E-state index in [-0.39, 0.29) is 11.9 Å². The first-order valence-electron chi connectivity index (χ1n) is 11.4. The van der Waals surface area contributed by atoms with Crippen LogP contribution in [-0.2, 0) is 22.6 Å². The molecule has 0 aliphatic carbocycles. The normalized spacial score (nSPS) is 11.8. The molecule has 0 aliphatic heterocycles. The molecule has 11 heteroatoms. The van der Waals surface area contributed by atoms with Crippen molar-refractivity contribution in [2.45, 2.75) is 45.8 Å². The lowest BCUT2D eigenvalue weighted by Gasteiger charge is -2.15. The van der Waals surface area contributed by atoms with E-state index in [0.717, 1.165) is 22.2 Å². The smallest absolute Gasteiger partial charge is 0.340 e. The van der Waals surface area contributed by atoms with E-state index in [0.29, 0.717) is 42.0 Å². The molecule has 3 aromatic heterocycles. The molecule has 0 spiro atoms. The Kier molecular flexibility index (Phi) is 7.95. The second-order valence-corrected chi connectivity index (χ2v) is 16.1. The molecule has 4 rings (SSSR count). The Labute approximate surface area is 214 Å². The molecule has 0 amide bonds. The summed E-state index contributed by atoms with van der Waals surface area (Å²) in [5.74, 6) is -0.408. The number of nitrogens with zero attached hydrogens (tertiary/aromatic N) is 5. The highest BCUT2D eigenvalue weighted by molar-refractivity contribution is 7.05. The maximum absolute atomic E-state index is 12.9. The lowest BCUT2D eigenvalue weighted by molar-refractivity contribution is 0.0527. The van der Waals surface area contributed by atoms with Gasteiger partial charge in [-0.1, -0.05) is 37.8 Å². The van der Waals surface area contributed by atoms with Gasteiger partial charge in [-0.05, 0) is 47.7 Å². The highest BCUT2D eigenvalue weighted by Gasteiger charge is 2.22. The zero-order chi connectivity index (χ0) is 25.0. The van der Waals surface area contributed by atoms with Crippen LogP contribution in [-0.4, -0.2) is 51.1 Å². The van der Waals surface area contributed by atoms with E-state index < -0.39 is 14.0 Å². The van der Waals surface area contributed by atoms with E-state index in [1.807, 2.05) is 28.8 Å². The van der Waals surface area contributed by atoms with E-state index >= 15 is 0 Å². The van der Waals surface area contributed by atoms with Gasteiger partial charge in [-0.15, -0.1) is 0 Å². The van der Waals surface area contributed by atoms with Gasteiger partial charge in [-0.2, -0.15) is 4.37 Å². The van der Waals surface area contributed by atoms with Crippen LogP contribution in [0.2, 0.25) is 31.0 Å². The standard InChI is InChI=1S/C24H28ClN5O3SSi/c1-5-33-23(31)18-13-30(15-32-9-10-35(2,3)4)22-20(18)21(26-14-27-22)17-8-6-7-16(11-17)12-19-28-24(25)29-34-19/h6-8,11,13-14H,5,9-10,12,15H2,1-4H3. The minimum absolute atomic E-state index is 0.256. The molecule has 184 valence electrons. The molecule has 8 nitrogen and oxygen atoms in total. The van der Waals surface area contributed by atoms with E-state index in [9.17, 15) is 4.79 Å². The zero-order valence-electron chi connectivity index (χ0n) is 20.2. The topological polar surface area (TPSA) is 92.0 Å². The summed E-state index contributed by atoms with van der Waals surface area (Å²) in [7, 11) is -1.21. The van der Waals surface area contributed by atoms with E-state index in [2.05, 4.69) is 39.0 Å². The number of rotatable bonds is 10. The SMILES string of the molecule is CCOC(=O)c1cn(COCC[Si](C)(C)C)c2ncnc(-c3cccc(Cc4nc(Cl)ns4)c3)c12. The second kappa shape index (κ2) is 10.9. The molecule has 0 unspecified atom stereocenters. The number of hydrogen-bond acceptors (Lipinski definition) is 8. The Morgan fingerprint density at radius 2 is 2.06 bits per heavy atom. The van der Waals surface area contributed by atoms with E-state index in [4.69, 9.17) is 21.1 Å². The predicted molar refractivity (Wildman–Crippen MR) is 141 cm³/mol. The summed E-state index contributed by atoms with van der Waals surface area (Å²) < 4.78 is 17.2. The first kappa shape index (κ1) is 25.4. The first-order valence-corrected chi connectivity index (χ1v) is 16.3. The van der Waals surface area contributed by atoms with Crippen molar-refractivity contribution in [1.29, 1.82) is 0 Å². The molecule has 0 aliphatic rings. The number of hydrogen-bond donors (Lipinski definition) is 0. The van der Waals surface area contributed by atoms with Crippen LogP contribution in [0.1, 0.15) is 27.9 Å². The maximum Gasteiger partial charge on any atom is 0.340 e. The summed E-state index contributed by atoms with van der Waals surface area (Å²) in [4.78, 5) is 26.2. The summed E-state index contributed by atoms with van der Waals surface area (Å²) in [6.45, 7) is 9.97. The first-order chi connectivity index (χ1) is 16.7. The van der Waals surface area contributed by atoms with Gasteiger partial charge in [0.1, 0.15) is 23.7 Å². The van der Waals surface area contributed by atoms with Crippen molar-refractivity contribution in [3.05, 3.63) is 58.2 Å². The van der Waals surface area contributed by atoms with Crippen LogP contribution in [0.4, 0.5) is 0 Å². The Bertz CT molecular complexity index is 1330. The Morgan fingerprint density at radius 1 is 1.23 bits per heavy atom. The minimum atomic E-state index is -1.21. The van der Waals surface area contributed by atoms with Gasteiger partial charge in [-0.25, -0.2) is 19.7 Å². The van der Waals surface area contributed by atoms with Gasteiger partial charge < -0.3 is 14.0 Å². The number of halogens is 1. The molecule has 0 bridgehead atoms. The van der Waals surface area contributed by atoms with Crippen molar-refractivity contribution in [3.8, 4) is 11.3 Å². The van der Waals surface area contributed by atoms with Crippen molar-refractivity contribution < 1.29 is 14.3 Å². The molecule has 1 aromatic carbocycles. The molecule has 3 heterocycles. The van der Waals surface area contributed by atoms with Gasteiger partial charge in [0.2, 0.25) is 5.28 Å². The molecule has 0 radical (unpaired) electrons. The summed E-state index contributed by atoms with van der Waals surface area (Å²) in [5.41, 5.74) is 3.62. The van der Waals surface area contributed by atoms with Crippen LogP contribution in [0.25, 0.3) is 22.3 Å².